The van der Waals surface area contributed by atoms with E-state index in [9.17, 15) is 9.82 Å². The first-order valence-electron chi connectivity index (χ1n) is 7.48. The summed E-state index contributed by atoms with van der Waals surface area (Å²) in [6.45, 7) is 3.94. The van der Waals surface area contributed by atoms with Crippen LogP contribution in [0, 0.1) is 6.92 Å². The van der Waals surface area contributed by atoms with Crippen LogP contribution in [0.4, 0.5) is 0 Å². The number of aryl methyl sites for hydroxylation is 1. The Balaban J connectivity index is 1.98. The number of carbonyl (C=O) groups is 1. The molecule has 0 aliphatic rings. The molecule has 1 amide bonds. The summed E-state index contributed by atoms with van der Waals surface area (Å²) in [6, 6.07) is 11.2. The molecule has 2 aromatic carbocycles. The predicted octanol–water partition coefficient (Wildman–Crippen LogP) is 1.31. The molecular formula is C17H18BN3O2. The maximum Gasteiger partial charge on any atom is 0.320 e. The largest absolute Gasteiger partial charge is 0.447 e. The van der Waals surface area contributed by atoms with Crippen LogP contribution in [0.3, 0.4) is 0 Å². The van der Waals surface area contributed by atoms with Crippen molar-refractivity contribution in [1.82, 2.24) is 9.55 Å². The second-order valence-corrected chi connectivity index (χ2v) is 5.80. The molecule has 3 N–H and O–H groups in total. The standard InChI is InChI=1S/C17H18BN3O2/c1-11-7-14(18(2)23)5-3-13(11)9-21-10-20-15-6-4-12(17(19)22)8-16(15)21/h3-8,10,23H,9H2,1-2H3,(H2,19,22). The number of hydrogen-bond acceptors (Lipinski definition) is 3. The summed E-state index contributed by atoms with van der Waals surface area (Å²) in [7, 11) is 0. The van der Waals surface area contributed by atoms with Crippen molar-refractivity contribution in [2.24, 2.45) is 5.73 Å². The molecule has 0 aliphatic carbocycles. The number of imidazole rings is 1. The number of rotatable bonds is 4. The van der Waals surface area contributed by atoms with Crippen molar-refractivity contribution < 1.29 is 9.82 Å². The Morgan fingerprint density at radius 1 is 1.30 bits per heavy atom. The summed E-state index contributed by atoms with van der Waals surface area (Å²) >= 11 is 0. The average Bonchev–Trinajstić information content (AvgIpc) is 2.91. The Morgan fingerprint density at radius 3 is 2.74 bits per heavy atom. The van der Waals surface area contributed by atoms with Gasteiger partial charge in [-0.1, -0.05) is 25.0 Å². The van der Waals surface area contributed by atoms with Gasteiger partial charge in [0, 0.05) is 12.1 Å². The zero-order valence-electron chi connectivity index (χ0n) is 13.2. The number of primary amides is 1. The highest BCUT2D eigenvalue weighted by Gasteiger charge is 2.11. The van der Waals surface area contributed by atoms with Crippen LogP contribution in [-0.4, -0.2) is 27.4 Å². The SMILES string of the molecule is CB(O)c1ccc(Cn2cnc3ccc(C(N)=O)cc32)c(C)c1. The second kappa shape index (κ2) is 5.89. The van der Waals surface area contributed by atoms with Crippen LogP contribution in [-0.2, 0) is 6.54 Å². The molecular weight excluding hydrogens is 289 g/mol. The smallest absolute Gasteiger partial charge is 0.320 e. The van der Waals surface area contributed by atoms with E-state index >= 15 is 0 Å². The Kier molecular flexibility index (Phi) is 3.92. The lowest BCUT2D eigenvalue weighted by molar-refractivity contribution is 0.100. The summed E-state index contributed by atoms with van der Waals surface area (Å²) in [5.74, 6) is -0.447. The van der Waals surface area contributed by atoms with Gasteiger partial charge in [0.15, 0.2) is 0 Å². The fourth-order valence-corrected chi connectivity index (χ4v) is 2.68. The van der Waals surface area contributed by atoms with Gasteiger partial charge in [0.25, 0.3) is 0 Å². The van der Waals surface area contributed by atoms with Gasteiger partial charge in [-0.15, -0.1) is 0 Å². The van der Waals surface area contributed by atoms with E-state index in [0.717, 1.165) is 27.6 Å². The minimum Gasteiger partial charge on any atom is -0.447 e. The molecule has 0 fully saturated rings. The normalized spacial score (nSPS) is 10.9. The molecule has 0 unspecified atom stereocenters. The second-order valence-electron chi connectivity index (χ2n) is 5.80. The van der Waals surface area contributed by atoms with E-state index in [1.165, 1.54) is 0 Å². The van der Waals surface area contributed by atoms with Crippen LogP contribution in [0.5, 0.6) is 0 Å². The van der Waals surface area contributed by atoms with Crippen molar-refractivity contribution in [3.63, 3.8) is 0 Å². The molecule has 23 heavy (non-hydrogen) atoms. The fourth-order valence-electron chi connectivity index (χ4n) is 2.68. The van der Waals surface area contributed by atoms with Crippen molar-refractivity contribution >= 4 is 29.3 Å². The number of benzene rings is 2. The molecule has 0 aliphatic heterocycles. The number of nitrogens with zero attached hydrogens (tertiary/aromatic N) is 2. The molecule has 0 saturated heterocycles. The quantitative estimate of drug-likeness (QED) is 0.713. The minimum atomic E-state index is -0.477. The molecule has 1 heterocycles. The van der Waals surface area contributed by atoms with Crippen LogP contribution in [0.15, 0.2) is 42.7 Å². The average molecular weight is 307 g/mol. The summed E-state index contributed by atoms with van der Waals surface area (Å²) < 4.78 is 1.99. The molecule has 3 rings (SSSR count). The van der Waals surface area contributed by atoms with E-state index in [1.54, 1.807) is 31.3 Å². The van der Waals surface area contributed by atoms with E-state index in [-0.39, 0.29) is 0 Å². The highest BCUT2D eigenvalue weighted by atomic mass is 16.2. The Labute approximate surface area is 134 Å². The Morgan fingerprint density at radius 2 is 2.09 bits per heavy atom. The van der Waals surface area contributed by atoms with E-state index in [1.807, 2.05) is 29.7 Å². The van der Waals surface area contributed by atoms with Crippen molar-refractivity contribution in [2.75, 3.05) is 0 Å². The molecule has 0 atom stereocenters. The lowest BCUT2D eigenvalue weighted by Crippen LogP contribution is -2.26. The molecule has 5 nitrogen and oxygen atoms in total. The Bertz CT molecular complexity index is 887. The first-order valence-corrected chi connectivity index (χ1v) is 7.48. The van der Waals surface area contributed by atoms with Gasteiger partial charge in [0.05, 0.1) is 17.4 Å². The summed E-state index contributed by atoms with van der Waals surface area (Å²) in [5, 5.41) is 9.66. The van der Waals surface area contributed by atoms with E-state index in [0.29, 0.717) is 12.1 Å². The molecule has 3 aromatic rings. The van der Waals surface area contributed by atoms with Gasteiger partial charge >= 0.3 is 6.92 Å². The lowest BCUT2D eigenvalue weighted by Gasteiger charge is -2.11. The molecule has 6 heteroatoms. The highest BCUT2D eigenvalue weighted by Crippen LogP contribution is 2.17. The van der Waals surface area contributed by atoms with Gasteiger partial charge in [-0.2, -0.15) is 0 Å². The van der Waals surface area contributed by atoms with E-state index in [4.69, 9.17) is 5.73 Å². The van der Waals surface area contributed by atoms with Gasteiger partial charge < -0.3 is 15.3 Å². The summed E-state index contributed by atoms with van der Waals surface area (Å²) in [4.78, 5) is 15.7. The maximum absolute atomic E-state index is 11.4. The van der Waals surface area contributed by atoms with Gasteiger partial charge in [-0.05, 0) is 41.7 Å². The molecule has 0 saturated carbocycles. The summed E-state index contributed by atoms with van der Waals surface area (Å²) in [6.07, 6.45) is 1.76. The number of carbonyl (C=O) groups excluding carboxylic acids is 1. The van der Waals surface area contributed by atoms with Crippen LogP contribution in [0.25, 0.3) is 11.0 Å². The predicted molar refractivity (Wildman–Crippen MR) is 92.0 cm³/mol. The molecule has 0 spiro atoms. The topological polar surface area (TPSA) is 81.1 Å². The van der Waals surface area contributed by atoms with Crippen molar-refractivity contribution in [3.8, 4) is 0 Å². The third-order valence-corrected chi connectivity index (χ3v) is 4.10. The molecule has 116 valence electrons. The first-order chi connectivity index (χ1) is 11.0. The third kappa shape index (κ3) is 2.98. The maximum atomic E-state index is 11.4. The zero-order valence-corrected chi connectivity index (χ0v) is 13.2. The van der Waals surface area contributed by atoms with Gasteiger partial charge in [-0.3, -0.25) is 4.79 Å². The number of hydrogen-bond donors (Lipinski definition) is 2. The fraction of sp³-hybridized carbons (Fsp3) is 0.176. The van der Waals surface area contributed by atoms with Crippen LogP contribution < -0.4 is 11.2 Å². The minimum absolute atomic E-state index is 0.447. The van der Waals surface area contributed by atoms with Crippen molar-refractivity contribution in [1.29, 1.82) is 0 Å². The number of fused-ring (bicyclic) bond motifs is 1. The van der Waals surface area contributed by atoms with Crippen LogP contribution in [0.2, 0.25) is 6.82 Å². The van der Waals surface area contributed by atoms with Gasteiger partial charge in [0.1, 0.15) is 0 Å². The van der Waals surface area contributed by atoms with Crippen LogP contribution in [0.1, 0.15) is 21.5 Å². The number of nitrogens with two attached hydrogens (primary N) is 1. The Hall–Kier alpha value is -2.60. The van der Waals surface area contributed by atoms with E-state index in [2.05, 4.69) is 4.98 Å². The number of aromatic nitrogens is 2. The number of amides is 1. The van der Waals surface area contributed by atoms with E-state index < -0.39 is 12.8 Å². The molecule has 0 bridgehead atoms. The molecule has 1 aromatic heterocycles. The first kappa shape index (κ1) is 15.3. The van der Waals surface area contributed by atoms with Gasteiger partial charge in [0.2, 0.25) is 5.91 Å². The third-order valence-electron chi connectivity index (χ3n) is 4.10. The van der Waals surface area contributed by atoms with Crippen molar-refractivity contribution in [3.05, 3.63) is 59.4 Å². The van der Waals surface area contributed by atoms with Crippen LogP contribution >= 0.6 is 0 Å². The monoisotopic (exact) mass is 307 g/mol. The molecule has 0 radical (unpaired) electrons. The van der Waals surface area contributed by atoms with Gasteiger partial charge in [-0.25, -0.2) is 4.98 Å². The zero-order chi connectivity index (χ0) is 16.6. The summed E-state index contributed by atoms with van der Waals surface area (Å²) in [5.41, 5.74) is 10.7. The highest BCUT2D eigenvalue weighted by molar-refractivity contribution is 6.64. The van der Waals surface area contributed by atoms with Crippen molar-refractivity contribution in [2.45, 2.75) is 20.3 Å². The lowest BCUT2D eigenvalue weighted by atomic mass is 9.64.